The first-order chi connectivity index (χ1) is 17.5. The molecule has 186 valence electrons. The van der Waals surface area contributed by atoms with Crippen molar-refractivity contribution in [3.05, 3.63) is 72.4 Å². The summed E-state index contributed by atoms with van der Waals surface area (Å²) in [5.41, 5.74) is 2.32. The molecule has 1 N–H and O–H groups in total. The van der Waals surface area contributed by atoms with Crippen LogP contribution in [0.1, 0.15) is 0 Å². The molecular weight excluding hydrogens is 462 g/mol. The van der Waals surface area contributed by atoms with Crippen LogP contribution in [0, 0.1) is 11.6 Å². The van der Waals surface area contributed by atoms with Crippen LogP contribution >= 0.6 is 0 Å². The average Bonchev–Trinajstić information content (AvgIpc) is 2.90. The van der Waals surface area contributed by atoms with Gasteiger partial charge in [-0.05, 0) is 54.4 Å². The number of aromatic nitrogens is 1. The van der Waals surface area contributed by atoms with Crippen molar-refractivity contribution in [2.45, 2.75) is 0 Å². The second-order valence-electron chi connectivity index (χ2n) is 8.88. The first-order valence-corrected chi connectivity index (χ1v) is 11.8. The molecule has 1 aliphatic heterocycles. The molecule has 36 heavy (non-hydrogen) atoms. The fourth-order valence-corrected chi connectivity index (χ4v) is 4.47. The summed E-state index contributed by atoms with van der Waals surface area (Å²) >= 11 is 0. The minimum atomic E-state index is -0.776. The van der Waals surface area contributed by atoms with Gasteiger partial charge in [0.1, 0.15) is 5.82 Å². The van der Waals surface area contributed by atoms with E-state index in [1.54, 1.807) is 18.3 Å². The second kappa shape index (κ2) is 9.99. The zero-order valence-electron chi connectivity index (χ0n) is 20.5. The normalized spacial score (nSPS) is 14.2. The molecule has 0 saturated carbocycles. The Kier molecular flexibility index (Phi) is 6.61. The van der Waals surface area contributed by atoms with Crippen LogP contribution in [0.3, 0.4) is 0 Å². The lowest BCUT2D eigenvalue weighted by Gasteiger charge is -2.34. The van der Waals surface area contributed by atoms with Gasteiger partial charge in [0.15, 0.2) is 23.1 Å². The maximum atomic E-state index is 15.0. The van der Waals surface area contributed by atoms with E-state index in [0.717, 1.165) is 42.6 Å². The molecule has 2 heterocycles. The first-order valence-electron chi connectivity index (χ1n) is 11.8. The number of nitrogens with zero attached hydrogens (tertiary/aromatic N) is 3. The fraction of sp³-hybridized carbons (Fsp3) is 0.250. The minimum Gasteiger partial charge on any atom is -0.494 e. The molecule has 0 aliphatic carbocycles. The van der Waals surface area contributed by atoms with Crippen molar-refractivity contribution in [2.75, 3.05) is 57.7 Å². The molecule has 0 bridgehead atoms. The van der Waals surface area contributed by atoms with Gasteiger partial charge in [-0.15, -0.1) is 0 Å². The summed E-state index contributed by atoms with van der Waals surface area (Å²) < 4.78 is 40.0. The van der Waals surface area contributed by atoms with Crippen molar-refractivity contribution < 1.29 is 18.3 Å². The van der Waals surface area contributed by atoms with Crippen LogP contribution in [0.5, 0.6) is 11.5 Å². The summed E-state index contributed by atoms with van der Waals surface area (Å²) in [6, 6.07) is 16.6. The number of anilines is 3. The van der Waals surface area contributed by atoms with Gasteiger partial charge in [-0.3, -0.25) is 0 Å². The lowest BCUT2D eigenvalue weighted by atomic mass is 10.0. The van der Waals surface area contributed by atoms with E-state index in [0.29, 0.717) is 11.4 Å². The summed E-state index contributed by atoms with van der Waals surface area (Å²) in [4.78, 5) is 9.23. The molecule has 8 heteroatoms. The third-order valence-electron chi connectivity index (χ3n) is 6.59. The number of rotatable bonds is 6. The number of fused-ring (bicyclic) bond motifs is 1. The van der Waals surface area contributed by atoms with Crippen LogP contribution in [0.15, 0.2) is 60.8 Å². The van der Waals surface area contributed by atoms with E-state index in [4.69, 9.17) is 9.47 Å². The quantitative estimate of drug-likeness (QED) is 0.375. The van der Waals surface area contributed by atoms with Crippen LogP contribution in [0.4, 0.5) is 26.0 Å². The van der Waals surface area contributed by atoms with Crippen LogP contribution < -0.4 is 19.7 Å². The zero-order valence-corrected chi connectivity index (χ0v) is 20.5. The molecule has 5 rings (SSSR count). The van der Waals surface area contributed by atoms with Gasteiger partial charge in [0.2, 0.25) is 0 Å². The van der Waals surface area contributed by atoms with Crippen molar-refractivity contribution >= 4 is 28.0 Å². The van der Waals surface area contributed by atoms with Gasteiger partial charge in [-0.25, -0.2) is 13.8 Å². The summed E-state index contributed by atoms with van der Waals surface area (Å²) in [6.07, 6.45) is 1.69. The Bertz CT molecular complexity index is 1360. The van der Waals surface area contributed by atoms with Gasteiger partial charge in [0, 0.05) is 55.2 Å². The van der Waals surface area contributed by atoms with Gasteiger partial charge >= 0.3 is 0 Å². The van der Waals surface area contributed by atoms with E-state index in [2.05, 4.69) is 39.3 Å². The molecule has 1 fully saturated rings. The van der Waals surface area contributed by atoms with Gasteiger partial charge in [-0.2, -0.15) is 0 Å². The molecule has 0 atom stereocenters. The molecule has 1 aromatic heterocycles. The van der Waals surface area contributed by atoms with Crippen molar-refractivity contribution in [1.29, 1.82) is 0 Å². The highest BCUT2D eigenvalue weighted by Gasteiger charge is 2.21. The summed E-state index contributed by atoms with van der Waals surface area (Å²) in [5, 5.41) is 4.98. The maximum Gasteiger partial charge on any atom is 0.176 e. The van der Waals surface area contributed by atoms with Gasteiger partial charge in [0.25, 0.3) is 0 Å². The molecular formula is C28H28F2N4O2. The first kappa shape index (κ1) is 23.8. The molecule has 1 aliphatic rings. The van der Waals surface area contributed by atoms with Gasteiger partial charge < -0.3 is 24.6 Å². The van der Waals surface area contributed by atoms with Crippen molar-refractivity contribution in [3.63, 3.8) is 0 Å². The van der Waals surface area contributed by atoms with Crippen LogP contribution in [0.25, 0.3) is 21.9 Å². The Morgan fingerprint density at radius 1 is 0.806 bits per heavy atom. The molecule has 4 aromatic rings. The number of hydrogen-bond donors (Lipinski definition) is 1. The van der Waals surface area contributed by atoms with Crippen LogP contribution in [-0.2, 0) is 0 Å². The number of pyridine rings is 1. The summed E-state index contributed by atoms with van der Waals surface area (Å²) in [5.74, 6) is -1.04. The van der Waals surface area contributed by atoms with Crippen molar-refractivity contribution in [3.8, 4) is 22.6 Å². The number of benzene rings is 3. The van der Waals surface area contributed by atoms with E-state index in [9.17, 15) is 8.78 Å². The Hall–Kier alpha value is -3.91. The fourth-order valence-electron chi connectivity index (χ4n) is 4.47. The Morgan fingerprint density at radius 3 is 2.11 bits per heavy atom. The Labute approximate surface area is 209 Å². The number of likely N-dealkylation sites (N-methyl/N-ethyl adjacent to an activating group) is 1. The van der Waals surface area contributed by atoms with E-state index in [1.165, 1.54) is 26.0 Å². The lowest BCUT2D eigenvalue weighted by molar-refractivity contribution is 0.313. The Morgan fingerprint density at radius 2 is 1.47 bits per heavy atom. The highest BCUT2D eigenvalue weighted by molar-refractivity contribution is 5.89. The van der Waals surface area contributed by atoms with E-state index >= 15 is 0 Å². The SMILES string of the molecule is COc1cc(OC)c(F)c(-c2ccc3cc(Nc4ccc(N5CCN(C)CC5)cc4)ncc3c2)c1F. The van der Waals surface area contributed by atoms with E-state index in [1.807, 2.05) is 24.3 Å². The van der Waals surface area contributed by atoms with E-state index < -0.39 is 11.6 Å². The number of methoxy groups -OCH3 is 2. The lowest BCUT2D eigenvalue weighted by Crippen LogP contribution is -2.44. The number of ether oxygens (including phenoxy) is 2. The molecule has 0 unspecified atom stereocenters. The van der Waals surface area contributed by atoms with Crippen molar-refractivity contribution in [1.82, 2.24) is 9.88 Å². The molecule has 3 aromatic carbocycles. The molecule has 1 saturated heterocycles. The largest absolute Gasteiger partial charge is 0.494 e. The van der Waals surface area contributed by atoms with Crippen LogP contribution in [0.2, 0.25) is 0 Å². The molecule has 0 radical (unpaired) electrons. The predicted octanol–water partition coefficient (Wildman–Crippen LogP) is 5.69. The van der Waals surface area contributed by atoms with Crippen LogP contribution in [-0.4, -0.2) is 57.3 Å². The third kappa shape index (κ3) is 4.64. The third-order valence-corrected chi connectivity index (χ3v) is 6.59. The zero-order chi connectivity index (χ0) is 25.2. The second-order valence-corrected chi connectivity index (χ2v) is 8.88. The van der Waals surface area contributed by atoms with Crippen molar-refractivity contribution in [2.24, 2.45) is 0 Å². The number of hydrogen-bond acceptors (Lipinski definition) is 6. The highest BCUT2D eigenvalue weighted by Crippen LogP contribution is 2.38. The standard InChI is InChI=1S/C28H28F2N4O2/c1-33-10-12-34(13-11-33)22-8-6-21(7-9-22)32-25-15-18-4-5-19(14-20(18)17-31-25)26-27(29)23(35-2)16-24(36-3)28(26)30/h4-9,14-17H,10-13H2,1-3H3,(H,31,32). The highest BCUT2D eigenvalue weighted by atomic mass is 19.1. The van der Waals surface area contributed by atoms with Gasteiger partial charge in [-0.1, -0.05) is 12.1 Å². The molecule has 0 spiro atoms. The number of piperazine rings is 1. The number of halogens is 2. The maximum absolute atomic E-state index is 15.0. The average molecular weight is 491 g/mol. The molecule has 6 nitrogen and oxygen atoms in total. The van der Waals surface area contributed by atoms with E-state index in [-0.39, 0.29) is 17.1 Å². The van der Waals surface area contributed by atoms with Gasteiger partial charge in [0.05, 0.1) is 19.8 Å². The topological polar surface area (TPSA) is 49.9 Å². The smallest absolute Gasteiger partial charge is 0.176 e. The number of nitrogens with one attached hydrogen (secondary N) is 1. The minimum absolute atomic E-state index is 0.0836. The Balaban J connectivity index is 1.38. The summed E-state index contributed by atoms with van der Waals surface area (Å²) in [6.45, 7) is 4.17. The predicted molar refractivity (Wildman–Crippen MR) is 140 cm³/mol. The monoisotopic (exact) mass is 490 g/mol. The summed E-state index contributed by atoms with van der Waals surface area (Å²) in [7, 11) is 4.81. The molecule has 0 amide bonds.